The zero-order valence-corrected chi connectivity index (χ0v) is 19.6. The number of hydrogen-bond donors (Lipinski definition) is 2. The Morgan fingerprint density at radius 3 is 2.78 bits per heavy atom. The van der Waals surface area contributed by atoms with E-state index in [1.807, 2.05) is 19.2 Å². The summed E-state index contributed by atoms with van der Waals surface area (Å²) in [6.45, 7) is 2.58. The number of thiazole rings is 1. The van der Waals surface area contributed by atoms with Gasteiger partial charge in [-0.1, -0.05) is 42.5 Å². The third kappa shape index (κ3) is 5.79. The van der Waals surface area contributed by atoms with Gasteiger partial charge in [-0.05, 0) is 30.5 Å². The molecule has 2 heterocycles. The maximum atomic E-state index is 5.52. The molecule has 2 N–H and O–H groups in total. The number of benzene rings is 2. The lowest BCUT2D eigenvalue weighted by Crippen LogP contribution is -2.44. The lowest BCUT2D eigenvalue weighted by atomic mass is 10.1. The summed E-state index contributed by atoms with van der Waals surface area (Å²) in [6, 6.07) is 19.1. The summed E-state index contributed by atoms with van der Waals surface area (Å²) in [4.78, 5) is 11.6. The van der Waals surface area contributed by atoms with Crippen LogP contribution in [0, 0.1) is 0 Å². The van der Waals surface area contributed by atoms with E-state index in [0.29, 0.717) is 12.6 Å². The number of hydrogen-bond acceptors (Lipinski definition) is 5. The van der Waals surface area contributed by atoms with Crippen LogP contribution in [0.4, 0.5) is 5.69 Å². The molecule has 1 aliphatic heterocycles. The van der Waals surface area contributed by atoms with E-state index >= 15 is 0 Å². The highest BCUT2D eigenvalue weighted by molar-refractivity contribution is 7.09. The topological polar surface area (TPSA) is 61.8 Å². The molecule has 3 aromatic rings. The lowest BCUT2D eigenvalue weighted by Gasteiger charge is -2.22. The zero-order chi connectivity index (χ0) is 22.2. The van der Waals surface area contributed by atoms with Crippen LogP contribution in [0.5, 0.6) is 5.75 Å². The molecule has 0 bridgehead atoms. The van der Waals surface area contributed by atoms with Gasteiger partial charge in [-0.3, -0.25) is 4.99 Å². The lowest BCUT2D eigenvalue weighted by molar-refractivity contribution is 0.415. The van der Waals surface area contributed by atoms with Gasteiger partial charge in [-0.25, -0.2) is 4.98 Å². The first-order valence-electron chi connectivity index (χ1n) is 11.1. The largest absolute Gasteiger partial charge is 0.495 e. The first-order valence-corrected chi connectivity index (χ1v) is 12.0. The van der Waals surface area contributed by atoms with Crippen molar-refractivity contribution in [3.63, 3.8) is 0 Å². The third-order valence-electron chi connectivity index (χ3n) is 5.69. The fraction of sp³-hybridized carbons (Fsp3) is 0.360. The Morgan fingerprint density at radius 1 is 1.16 bits per heavy atom. The summed E-state index contributed by atoms with van der Waals surface area (Å²) >= 11 is 1.73. The van der Waals surface area contributed by atoms with E-state index in [0.717, 1.165) is 55.4 Å². The Morgan fingerprint density at radius 2 is 1.97 bits per heavy atom. The molecule has 0 saturated carbocycles. The van der Waals surface area contributed by atoms with E-state index in [1.54, 1.807) is 18.4 Å². The maximum Gasteiger partial charge on any atom is 0.191 e. The van der Waals surface area contributed by atoms with Crippen LogP contribution < -0.4 is 20.3 Å². The minimum atomic E-state index is 0.336. The number of guanidine groups is 1. The monoisotopic (exact) mass is 449 g/mol. The SMILES string of the molecule is CN=C(NCc1csc(CCc2ccccc2)n1)NC1CCN(c2ccccc2OC)C1. The van der Waals surface area contributed by atoms with E-state index in [1.165, 1.54) is 10.6 Å². The summed E-state index contributed by atoms with van der Waals surface area (Å²) in [5.74, 6) is 1.73. The highest BCUT2D eigenvalue weighted by atomic mass is 32.1. The Hall–Kier alpha value is -3.06. The van der Waals surface area contributed by atoms with E-state index in [2.05, 4.69) is 68.4 Å². The number of nitrogens with one attached hydrogen (secondary N) is 2. The molecule has 1 aliphatic rings. The molecule has 0 aliphatic carbocycles. The first kappa shape index (κ1) is 22.1. The molecule has 1 saturated heterocycles. The van der Waals surface area contributed by atoms with Gasteiger partial charge in [0.25, 0.3) is 0 Å². The van der Waals surface area contributed by atoms with Gasteiger partial charge in [0.2, 0.25) is 0 Å². The van der Waals surface area contributed by atoms with Gasteiger partial charge in [0.05, 0.1) is 30.0 Å². The van der Waals surface area contributed by atoms with Crippen LogP contribution in [0.3, 0.4) is 0 Å². The molecule has 0 spiro atoms. The number of nitrogens with zero attached hydrogens (tertiary/aromatic N) is 3. The van der Waals surface area contributed by atoms with Crippen molar-refractivity contribution in [2.24, 2.45) is 4.99 Å². The average molecular weight is 450 g/mol. The number of para-hydroxylation sites is 2. The maximum absolute atomic E-state index is 5.52. The van der Waals surface area contributed by atoms with Crippen LogP contribution in [0.15, 0.2) is 65.0 Å². The molecule has 1 unspecified atom stereocenters. The molecule has 0 radical (unpaired) electrons. The molecule has 32 heavy (non-hydrogen) atoms. The average Bonchev–Trinajstić information content (AvgIpc) is 3.50. The number of aryl methyl sites for hydroxylation is 2. The van der Waals surface area contributed by atoms with Crippen LogP contribution in [-0.4, -0.2) is 44.2 Å². The number of ether oxygens (including phenoxy) is 1. The van der Waals surface area contributed by atoms with Crippen molar-refractivity contribution >= 4 is 23.0 Å². The van der Waals surface area contributed by atoms with Gasteiger partial charge in [-0.15, -0.1) is 11.3 Å². The second-order valence-corrected chi connectivity index (χ2v) is 8.83. The van der Waals surface area contributed by atoms with Crippen LogP contribution in [0.2, 0.25) is 0 Å². The number of aromatic nitrogens is 1. The molecule has 1 fully saturated rings. The van der Waals surface area contributed by atoms with Crippen molar-refractivity contribution in [1.29, 1.82) is 0 Å². The molecule has 1 aromatic heterocycles. The fourth-order valence-corrected chi connectivity index (χ4v) is 4.79. The van der Waals surface area contributed by atoms with Gasteiger partial charge in [0, 0.05) is 38.0 Å². The molecule has 0 amide bonds. The van der Waals surface area contributed by atoms with Crippen LogP contribution >= 0.6 is 11.3 Å². The highest BCUT2D eigenvalue weighted by Gasteiger charge is 2.25. The number of rotatable bonds is 8. The predicted octanol–water partition coefficient (Wildman–Crippen LogP) is 3.88. The van der Waals surface area contributed by atoms with Gasteiger partial charge in [0.15, 0.2) is 5.96 Å². The summed E-state index contributed by atoms with van der Waals surface area (Å²) in [7, 11) is 3.54. The van der Waals surface area contributed by atoms with Crippen molar-refractivity contribution < 1.29 is 4.74 Å². The summed E-state index contributed by atoms with van der Waals surface area (Å²) in [5.41, 5.74) is 3.56. The molecular formula is C25H31N5OS. The normalized spacial score (nSPS) is 16.2. The smallest absolute Gasteiger partial charge is 0.191 e. The van der Waals surface area contributed by atoms with Crippen molar-refractivity contribution in [2.75, 3.05) is 32.1 Å². The number of methoxy groups -OCH3 is 1. The van der Waals surface area contributed by atoms with Gasteiger partial charge >= 0.3 is 0 Å². The van der Waals surface area contributed by atoms with E-state index in [-0.39, 0.29) is 0 Å². The van der Waals surface area contributed by atoms with Crippen molar-refractivity contribution in [2.45, 2.75) is 31.8 Å². The number of anilines is 1. The summed E-state index contributed by atoms with van der Waals surface area (Å²) < 4.78 is 5.52. The molecule has 2 aromatic carbocycles. The Labute approximate surface area is 194 Å². The van der Waals surface area contributed by atoms with Crippen molar-refractivity contribution in [1.82, 2.24) is 15.6 Å². The zero-order valence-electron chi connectivity index (χ0n) is 18.8. The second kappa shape index (κ2) is 11.0. The molecule has 6 nitrogen and oxygen atoms in total. The van der Waals surface area contributed by atoms with Crippen molar-refractivity contribution in [3.8, 4) is 5.75 Å². The quantitative estimate of drug-likeness (QED) is 0.404. The minimum absolute atomic E-state index is 0.336. The van der Waals surface area contributed by atoms with Crippen LogP contribution in [-0.2, 0) is 19.4 Å². The third-order valence-corrected chi connectivity index (χ3v) is 6.64. The molecule has 1 atom stereocenters. The number of aliphatic imine (C=N–C) groups is 1. The molecular weight excluding hydrogens is 418 g/mol. The van der Waals surface area contributed by atoms with E-state index in [9.17, 15) is 0 Å². The minimum Gasteiger partial charge on any atom is -0.495 e. The Balaban J connectivity index is 1.25. The van der Waals surface area contributed by atoms with Gasteiger partial charge in [-0.2, -0.15) is 0 Å². The molecule has 7 heteroatoms. The van der Waals surface area contributed by atoms with Crippen molar-refractivity contribution in [3.05, 3.63) is 76.2 Å². The Kier molecular flexibility index (Phi) is 7.61. The summed E-state index contributed by atoms with van der Waals surface area (Å²) in [6.07, 6.45) is 3.05. The first-order chi connectivity index (χ1) is 15.7. The van der Waals surface area contributed by atoms with Gasteiger partial charge < -0.3 is 20.3 Å². The predicted molar refractivity (Wildman–Crippen MR) is 133 cm³/mol. The molecule has 4 rings (SSSR count). The van der Waals surface area contributed by atoms with E-state index < -0.39 is 0 Å². The fourth-order valence-electron chi connectivity index (χ4n) is 3.99. The second-order valence-electron chi connectivity index (χ2n) is 7.89. The Bertz CT molecular complexity index is 1020. The van der Waals surface area contributed by atoms with E-state index in [4.69, 9.17) is 9.72 Å². The highest BCUT2D eigenvalue weighted by Crippen LogP contribution is 2.30. The summed E-state index contributed by atoms with van der Waals surface area (Å²) in [5, 5.41) is 10.3. The van der Waals surface area contributed by atoms with Gasteiger partial charge in [0.1, 0.15) is 5.75 Å². The standard InChI is InChI=1S/C25H31N5OS/c1-26-25(29-20-14-15-30(17-20)22-10-6-7-11-23(22)31-2)27-16-21-18-32-24(28-21)13-12-19-8-4-3-5-9-19/h3-11,18,20H,12-17H2,1-2H3,(H2,26,27,29). The molecule has 168 valence electrons. The van der Waals surface area contributed by atoms with Crippen LogP contribution in [0.25, 0.3) is 0 Å². The van der Waals surface area contributed by atoms with Crippen LogP contribution in [0.1, 0.15) is 22.7 Å².